The Labute approximate surface area is 254 Å². The summed E-state index contributed by atoms with van der Waals surface area (Å²) < 4.78 is 49.3. The molecular weight excluding hydrogens is 571 g/mol. The highest BCUT2D eigenvalue weighted by Gasteiger charge is 2.36. The van der Waals surface area contributed by atoms with Crippen LogP contribution in [-0.4, -0.2) is 90.7 Å². The van der Waals surface area contributed by atoms with Crippen molar-refractivity contribution < 1.29 is 22.7 Å². The molecule has 3 aliphatic heterocycles. The molecule has 0 radical (unpaired) electrons. The Balaban J connectivity index is 1.35. The topological polar surface area (TPSA) is 69.4 Å². The van der Waals surface area contributed by atoms with Gasteiger partial charge in [-0.25, -0.2) is 19.7 Å². The van der Waals surface area contributed by atoms with Crippen molar-refractivity contribution in [2.24, 2.45) is 0 Å². The fraction of sp³-hybridized carbons (Fsp3) is 0.438. The summed E-state index contributed by atoms with van der Waals surface area (Å²) >= 11 is 0. The van der Waals surface area contributed by atoms with E-state index in [0.717, 1.165) is 31.0 Å². The molecule has 12 heteroatoms. The average Bonchev–Trinajstić information content (AvgIpc) is 3.44. The molecular formula is C32H34F3N7O2. The standard InChI is InChI=1S/C32H34F3N7O2/c1-20(33)31(43)42-15-14-41(17-23(42)16-36-2)30-24-11-13-40(27-8-4-6-21-9-10-25(34)29(35)28(21)27)18-26(24)37-32(38-30)44-19-22-7-5-12-39(22)3/h4,6,8-10,22-23H,1,5,7,11-19H2,3H3/t22-,23-/m0/s1. The van der Waals surface area contributed by atoms with E-state index in [4.69, 9.17) is 21.3 Å². The number of nitrogens with zero attached hydrogens (tertiary/aromatic N) is 7. The summed E-state index contributed by atoms with van der Waals surface area (Å²) in [6, 6.07) is 8.00. The lowest BCUT2D eigenvalue weighted by molar-refractivity contribution is -0.131. The number of carbonyl (C=O) groups is 1. The van der Waals surface area contributed by atoms with Gasteiger partial charge in [0.2, 0.25) is 6.54 Å². The highest BCUT2D eigenvalue weighted by Crippen LogP contribution is 2.36. The van der Waals surface area contributed by atoms with E-state index < -0.39 is 29.4 Å². The van der Waals surface area contributed by atoms with Crippen molar-refractivity contribution in [1.29, 1.82) is 0 Å². The third-order valence-electron chi connectivity index (χ3n) is 8.93. The molecule has 0 bridgehead atoms. The van der Waals surface area contributed by atoms with Crippen molar-refractivity contribution in [1.82, 2.24) is 19.8 Å². The molecule has 3 aliphatic rings. The van der Waals surface area contributed by atoms with E-state index in [9.17, 15) is 13.6 Å². The van der Waals surface area contributed by atoms with Crippen LogP contribution >= 0.6 is 0 Å². The smallest absolute Gasteiger partial charge is 0.318 e. The number of piperazine rings is 1. The maximum Gasteiger partial charge on any atom is 0.318 e. The zero-order valence-corrected chi connectivity index (χ0v) is 24.6. The van der Waals surface area contributed by atoms with Gasteiger partial charge in [0.25, 0.3) is 5.91 Å². The second kappa shape index (κ2) is 12.3. The number of likely N-dealkylation sites (tertiary alicyclic amines) is 1. The molecule has 2 aromatic carbocycles. The Kier molecular flexibility index (Phi) is 8.31. The van der Waals surface area contributed by atoms with Gasteiger partial charge < -0.3 is 29.2 Å². The number of benzene rings is 2. The van der Waals surface area contributed by atoms with Gasteiger partial charge in [-0.3, -0.25) is 4.79 Å². The fourth-order valence-corrected chi connectivity index (χ4v) is 6.57. The van der Waals surface area contributed by atoms with Crippen molar-refractivity contribution in [3.8, 4) is 6.01 Å². The third-order valence-corrected chi connectivity index (χ3v) is 8.93. The van der Waals surface area contributed by atoms with Crippen LogP contribution in [0.25, 0.3) is 15.6 Å². The van der Waals surface area contributed by atoms with Gasteiger partial charge in [0.15, 0.2) is 17.5 Å². The minimum absolute atomic E-state index is 0.0111. The number of anilines is 2. The van der Waals surface area contributed by atoms with Gasteiger partial charge in [-0.05, 0) is 50.4 Å². The van der Waals surface area contributed by atoms with Gasteiger partial charge in [-0.15, -0.1) is 0 Å². The number of rotatable bonds is 7. The largest absolute Gasteiger partial charge is 0.462 e. The molecule has 230 valence electrons. The molecule has 0 N–H and O–H groups in total. The van der Waals surface area contributed by atoms with Crippen LogP contribution < -0.4 is 14.5 Å². The molecule has 6 rings (SSSR count). The normalized spacial score (nSPS) is 20.5. The average molecular weight is 606 g/mol. The summed E-state index contributed by atoms with van der Waals surface area (Å²) in [4.78, 5) is 33.3. The lowest BCUT2D eigenvalue weighted by Gasteiger charge is -2.41. The van der Waals surface area contributed by atoms with Gasteiger partial charge in [-0.2, -0.15) is 9.97 Å². The van der Waals surface area contributed by atoms with Crippen molar-refractivity contribution in [2.45, 2.75) is 37.9 Å². The van der Waals surface area contributed by atoms with E-state index in [-0.39, 0.29) is 37.1 Å². The maximum atomic E-state index is 15.1. The van der Waals surface area contributed by atoms with Gasteiger partial charge in [0.1, 0.15) is 18.5 Å². The van der Waals surface area contributed by atoms with Gasteiger partial charge in [-0.1, -0.05) is 24.8 Å². The zero-order valence-electron chi connectivity index (χ0n) is 24.6. The zero-order chi connectivity index (χ0) is 31.0. The summed E-state index contributed by atoms with van der Waals surface area (Å²) in [6.07, 6.45) is 2.63. The Bertz CT molecular complexity index is 1640. The van der Waals surface area contributed by atoms with E-state index in [1.807, 2.05) is 15.9 Å². The summed E-state index contributed by atoms with van der Waals surface area (Å²) in [5, 5.41) is 0.831. The highest BCUT2D eigenvalue weighted by molar-refractivity contribution is 5.95. The number of likely N-dealkylation sites (N-methyl/N-ethyl adjacent to an activating group) is 1. The van der Waals surface area contributed by atoms with Crippen molar-refractivity contribution in [3.63, 3.8) is 0 Å². The molecule has 0 aliphatic carbocycles. The number of carbonyl (C=O) groups excluding carboxylic acids is 1. The van der Waals surface area contributed by atoms with Crippen LogP contribution in [0.4, 0.5) is 24.7 Å². The molecule has 3 aromatic rings. The molecule has 1 aromatic heterocycles. The number of aromatic nitrogens is 2. The minimum Gasteiger partial charge on any atom is -0.462 e. The molecule has 1 amide bonds. The Morgan fingerprint density at radius 2 is 1.95 bits per heavy atom. The van der Waals surface area contributed by atoms with Gasteiger partial charge in [0, 0.05) is 48.9 Å². The first-order chi connectivity index (χ1) is 21.2. The molecule has 44 heavy (non-hydrogen) atoms. The van der Waals surface area contributed by atoms with E-state index in [1.54, 1.807) is 18.2 Å². The van der Waals surface area contributed by atoms with Crippen LogP contribution in [-0.2, 0) is 17.8 Å². The SMILES string of the molecule is [C-]#[N+]C[C@H]1CN(c2nc(OC[C@@H]3CCCN3C)nc3c2CCN(c2cccc4ccc(F)c(F)c24)C3)CCN1C(=O)C(=C)F. The van der Waals surface area contributed by atoms with E-state index in [2.05, 4.69) is 23.4 Å². The molecule has 2 atom stereocenters. The maximum absolute atomic E-state index is 15.1. The number of amides is 1. The molecule has 4 heterocycles. The summed E-state index contributed by atoms with van der Waals surface area (Å²) in [5.74, 6) is -2.98. The monoisotopic (exact) mass is 605 g/mol. The number of hydrogen-bond donors (Lipinski definition) is 0. The number of halogens is 3. The van der Waals surface area contributed by atoms with Crippen molar-refractivity contribution in [3.05, 3.63) is 77.0 Å². The summed E-state index contributed by atoms with van der Waals surface area (Å²) in [5.41, 5.74) is 2.19. The van der Waals surface area contributed by atoms with Gasteiger partial charge >= 0.3 is 6.01 Å². The van der Waals surface area contributed by atoms with E-state index >= 15 is 4.39 Å². The quantitative estimate of drug-likeness (QED) is 0.293. The van der Waals surface area contributed by atoms with Crippen LogP contribution in [0.5, 0.6) is 6.01 Å². The van der Waals surface area contributed by atoms with Crippen molar-refractivity contribution >= 4 is 28.2 Å². The molecule has 0 spiro atoms. The Hall–Kier alpha value is -4.37. The molecule has 2 fully saturated rings. The molecule has 0 saturated carbocycles. The minimum atomic E-state index is -1.05. The van der Waals surface area contributed by atoms with E-state index in [0.29, 0.717) is 55.2 Å². The summed E-state index contributed by atoms with van der Waals surface area (Å²) in [7, 11) is 2.06. The second-order valence-corrected chi connectivity index (χ2v) is 11.6. The van der Waals surface area contributed by atoms with Crippen LogP contribution in [0.2, 0.25) is 0 Å². The molecule has 2 saturated heterocycles. The van der Waals surface area contributed by atoms with Crippen LogP contribution in [0.1, 0.15) is 24.1 Å². The molecule has 9 nitrogen and oxygen atoms in total. The number of fused-ring (bicyclic) bond motifs is 2. The summed E-state index contributed by atoms with van der Waals surface area (Å²) in [6.45, 7) is 13.7. The van der Waals surface area contributed by atoms with Crippen LogP contribution in [0.3, 0.4) is 0 Å². The second-order valence-electron chi connectivity index (χ2n) is 11.6. The first kappa shape index (κ1) is 29.7. The predicted octanol–water partition coefficient (Wildman–Crippen LogP) is 4.36. The highest BCUT2D eigenvalue weighted by atomic mass is 19.2. The first-order valence-corrected chi connectivity index (χ1v) is 14.8. The Morgan fingerprint density at radius 1 is 1.11 bits per heavy atom. The predicted molar refractivity (Wildman–Crippen MR) is 161 cm³/mol. The van der Waals surface area contributed by atoms with Crippen molar-refractivity contribution in [2.75, 3.05) is 62.7 Å². The van der Waals surface area contributed by atoms with Gasteiger partial charge in [0.05, 0.1) is 12.2 Å². The van der Waals surface area contributed by atoms with Crippen LogP contribution in [0.15, 0.2) is 42.7 Å². The molecule has 0 unspecified atom stereocenters. The third kappa shape index (κ3) is 5.64. The lowest BCUT2D eigenvalue weighted by Crippen LogP contribution is -2.57. The first-order valence-electron chi connectivity index (χ1n) is 14.8. The van der Waals surface area contributed by atoms with E-state index in [1.165, 1.54) is 4.90 Å². The Morgan fingerprint density at radius 3 is 2.70 bits per heavy atom. The lowest BCUT2D eigenvalue weighted by atomic mass is 10.0. The fourth-order valence-electron chi connectivity index (χ4n) is 6.57. The number of hydrogen-bond acceptors (Lipinski definition) is 7. The van der Waals surface area contributed by atoms with Crippen LogP contribution in [0, 0.1) is 18.2 Å². The number of ether oxygens (including phenoxy) is 1.